The smallest absolute Gasteiger partial charge is 0.335 e. The number of hydrogen-bond donors (Lipinski definition) is 2. The molecule has 0 radical (unpaired) electrons. The molecule has 162 valence electrons. The Labute approximate surface area is 180 Å². The zero-order valence-corrected chi connectivity index (χ0v) is 17.7. The third-order valence-corrected chi connectivity index (χ3v) is 5.80. The maximum Gasteiger partial charge on any atom is 0.335 e. The van der Waals surface area contributed by atoms with Crippen LogP contribution >= 0.6 is 11.8 Å². The van der Waals surface area contributed by atoms with Crippen LogP contribution in [0.25, 0.3) is 0 Å². The van der Waals surface area contributed by atoms with Gasteiger partial charge in [0.05, 0.1) is 5.56 Å². The van der Waals surface area contributed by atoms with E-state index in [0.717, 1.165) is 30.0 Å². The molecule has 7 nitrogen and oxygen atoms in total. The molecular formula is C22H27NO6S. The molecule has 1 aliphatic rings. The molecular weight excluding hydrogens is 406 g/mol. The van der Waals surface area contributed by atoms with Crippen molar-refractivity contribution in [2.75, 3.05) is 18.1 Å². The van der Waals surface area contributed by atoms with Crippen molar-refractivity contribution in [3.05, 3.63) is 47.2 Å². The molecule has 2 N–H and O–H groups in total. The molecule has 8 heteroatoms. The highest BCUT2D eigenvalue weighted by molar-refractivity contribution is 7.99. The Balaban J connectivity index is 1.87. The van der Waals surface area contributed by atoms with E-state index >= 15 is 0 Å². The monoisotopic (exact) mass is 433 g/mol. The molecule has 0 atom stereocenters. The van der Waals surface area contributed by atoms with Crippen LogP contribution < -0.4 is 0 Å². The summed E-state index contributed by atoms with van der Waals surface area (Å²) < 4.78 is 0. The van der Waals surface area contributed by atoms with Gasteiger partial charge >= 0.3 is 11.9 Å². The number of ketones is 1. The Morgan fingerprint density at radius 1 is 1.13 bits per heavy atom. The number of rotatable bonds is 12. The van der Waals surface area contributed by atoms with Crippen LogP contribution in [0.4, 0.5) is 0 Å². The van der Waals surface area contributed by atoms with Crippen molar-refractivity contribution in [2.24, 2.45) is 0 Å². The number of carboxylic acids is 2. The summed E-state index contributed by atoms with van der Waals surface area (Å²) in [6.07, 6.45) is 4.93. The van der Waals surface area contributed by atoms with Crippen LogP contribution in [0.15, 0.2) is 36.0 Å². The van der Waals surface area contributed by atoms with Crippen LogP contribution in [0.2, 0.25) is 0 Å². The van der Waals surface area contributed by atoms with Gasteiger partial charge in [-0.05, 0) is 42.7 Å². The van der Waals surface area contributed by atoms with Crippen LogP contribution in [0.1, 0.15) is 54.4 Å². The minimum Gasteiger partial charge on any atom is -0.481 e. The highest BCUT2D eigenvalue weighted by Gasteiger charge is 2.22. The zero-order chi connectivity index (χ0) is 21.9. The number of carboxylic acid groups (broad SMARTS) is 2. The number of likely N-dealkylation sites (tertiary alicyclic amines) is 1. The van der Waals surface area contributed by atoms with Gasteiger partial charge in [0.15, 0.2) is 0 Å². The number of nitrogens with zero attached hydrogens (tertiary/aromatic N) is 1. The number of aromatic carboxylic acids is 1. The average Bonchev–Trinajstić information content (AvgIpc) is 2.70. The van der Waals surface area contributed by atoms with Crippen molar-refractivity contribution < 1.29 is 29.4 Å². The molecule has 0 saturated carbocycles. The van der Waals surface area contributed by atoms with E-state index in [1.54, 1.807) is 28.8 Å². The maximum atomic E-state index is 12.4. The van der Waals surface area contributed by atoms with Gasteiger partial charge in [-0.2, -0.15) is 11.8 Å². The molecule has 1 heterocycles. The highest BCUT2D eigenvalue weighted by atomic mass is 32.2. The first-order valence-electron chi connectivity index (χ1n) is 9.99. The minimum absolute atomic E-state index is 0.0361. The van der Waals surface area contributed by atoms with Crippen LogP contribution in [0.3, 0.4) is 0 Å². The van der Waals surface area contributed by atoms with Crippen molar-refractivity contribution in [2.45, 2.75) is 44.9 Å². The summed E-state index contributed by atoms with van der Waals surface area (Å²) in [6, 6.07) is 6.35. The molecule has 1 aromatic carbocycles. The number of allylic oxidation sites excluding steroid dienone is 2. The highest BCUT2D eigenvalue weighted by Crippen LogP contribution is 2.23. The Bertz CT molecular complexity index is 820. The predicted molar refractivity (Wildman–Crippen MR) is 115 cm³/mol. The van der Waals surface area contributed by atoms with Crippen molar-refractivity contribution in [1.29, 1.82) is 0 Å². The summed E-state index contributed by atoms with van der Waals surface area (Å²) in [7, 11) is 0. The van der Waals surface area contributed by atoms with E-state index < -0.39 is 11.9 Å². The molecule has 1 aliphatic heterocycles. The van der Waals surface area contributed by atoms with E-state index in [-0.39, 0.29) is 36.5 Å². The summed E-state index contributed by atoms with van der Waals surface area (Å²) in [6.45, 7) is 0.553. The number of Topliss-reactive ketones (excluding diaryl/α,β-unsaturated/α-hetero) is 1. The lowest BCUT2D eigenvalue weighted by Crippen LogP contribution is -2.35. The third-order valence-electron chi connectivity index (χ3n) is 4.75. The van der Waals surface area contributed by atoms with Gasteiger partial charge in [-0.25, -0.2) is 4.79 Å². The SMILES string of the molecule is O=C(O)CCCSCCN1C(=O)CCCC1=CCC(=O)Cc1cccc(C(=O)O)c1. The molecule has 1 aromatic rings. The van der Waals surface area contributed by atoms with E-state index in [4.69, 9.17) is 10.2 Å². The molecule has 2 rings (SSSR count). The lowest BCUT2D eigenvalue weighted by Gasteiger charge is -2.30. The van der Waals surface area contributed by atoms with E-state index in [1.165, 1.54) is 12.1 Å². The Morgan fingerprint density at radius 3 is 2.67 bits per heavy atom. The van der Waals surface area contributed by atoms with Gasteiger partial charge in [0.25, 0.3) is 0 Å². The number of carbonyl (C=O) groups excluding carboxylic acids is 2. The molecule has 0 unspecified atom stereocenters. The van der Waals surface area contributed by atoms with Crippen LogP contribution in [0.5, 0.6) is 0 Å². The molecule has 1 amide bonds. The second-order valence-electron chi connectivity index (χ2n) is 7.13. The molecule has 0 aromatic heterocycles. The second kappa shape index (κ2) is 12.2. The number of piperidine rings is 1. The van der Waals surface area contributed by atoms with Gasteiger partial charge in [0.2, 0.25) is 5.91 Å². The molecule has 1 fully saturated rings. The fourth-order valence-electron chi connectivity index (χ4n) is 3.26. The Hall–Kier alpha value is -2.61. The fraction of sp³-hybridized carbons (Fsp3) is 0.455. The molecule has 0 spiro atoms. The lowest BCUT2D eigenvalue weighted by molar-refractivity contribution is -0.137. The number of amides is 1. The molecule has 0 aliphatic carbocycles. The lowest BCUT2D eigenvalue weighted by atomic mass is 10.0. The van der Waals surface area contributed by atoms with Crippen molar-refractivity contribution in [1.82, 2.24) is 4.90 Å². The molecule has 1 saturated heterocycles. The molecule has 0 bridgehead atoms. The van der Waals surface area contributed by atoms with Gasteiger partial charge < -0.3 is 15.1 Å². The number of thioether (sulfide) groups is 1. The Kier molecular flexibility index (Phi) is 9.60. The predicted octanol–water partition coefficient (Wildman–Crippen LogP) is 3.38. The van der Waals surface area contributed by atoms with Crippen LogP contribution in [0, 0.1) is 0 Å². The van der Waals surface area contributed by atoms with E-state index in [1.807, 2.05) is 6.08 Å². The topological polar surface area (TPSA) is 112 Å². The summed E-state index contributed by atoms with van der Waals surface area (Å²) >= 11 is 1.62. The normalized spacial score (nSPS) is 15.4. The number of aliphatic carboxylic acids is 1. The summed E-state index contributed by atoms with van der Waals surface area (Å²) in [4.78, 5) is 48.0. The van der Waals surface area contributed by atoms with Gasteiger partial charge in [-0.3, -0.25) is 14.4 Å². The standard InChI is InChI=1S/C22H27NO6S/c24-19(15-16-4-1-5-17(14-16)22(28)29)10-9-18-6-2-7-20(25)23(18)11-13-30-12-3-8-21(26)27/h1,4-5,9,14H,2-3,6-8,10-13,15H2,(H,26,27)(H,28,29). The molecule has 30 heavy (non-hydrogen) atoms. The number of benzene rings is 1. The first-order valence-corrected chi connectivity index (χ1v) is 11.1. The zero-order valence-electron chi connectivity index (χ0n) is 16.8. The maximum absolute atomic E-state index is 12.4. The number of carbonyl (C=O) groups is 4. The van der Waals surface area contributed by atoms with Crippen LogP contribution in [-0.4, -0.2) is 56.8 Å². The summed E-state index contributed by atoms with van der Waals surface area (Å²) in [5.74, 6) is -0.346. The van der Waals surface area contributed by atoms with Crippen LogP contribution in [-0.2, 0) is 20.8 Å². The van der Waals surface area contributed by atoms with Crippen molar-refractivity contribution in [3.63, 3.8) is 0 Å². The largest absolute Gasteiger partial charge is 0.481 e. The quantitative estimate of drug-likeness (QED) is 0.486. The summed E-state index contributed by atoms with van der Waals surface area (Å²) in [5.41, 5.74) is 1.68. The van der Waals surface area contributed by atoms with Crippen molar-refractivity contribution in [3.8, 4) is 0 Å². The van der Waals surface area contributed by atoms with Gasteiger partial charge in [-0.15, -0.1) is 0 Å². The van der Waals surface area contributed by atoms with E-state index in [9.17, 15) is 19.2 Å². The van der Waals surface area contributed by atoms with Gasteiger partial charge in [0, 0.05) is 43.7 Å². The Morgan fingerprint density at radius 2 is 1.93 bits per heavy atom. The first-order chi connectivity index (χ1) is 14.4. The third kappa shape index (κ3) is 8.02. The number of hydrogen-bond acceptors (Lipinski definition) is 5. The summed E-state index contributed by atoms with van der Waals surface area (Å²) in [5, 5.41) is 17.7. The fourth-order valence-corrected chi connectivity index (χ4v) is 4.12. The minimum atomic E-state index is -1.02. The first kappa shape index (κ1) is 23.7. The van der Waals surface area contributed by atoms with Gasteiger partial charge in [0.1, 0.15) is 5.78 Å². The van der Waals surface area contributed by atoms with Gasteiger partial charge in [-0.1, -0.05) is 18.2 Å². The second-order valence-corrected chi connectivity index (χ2v) is 8.35. The van der Waals surface area contributed by atoms with E-state index in [0.29, 0.717) is 24.9 Å². The van der Waals surface area contributed by atoms with E-state index in [2.05, 4.69) is 0 Å². The van der Waals surface area contributed by atoms with Crippen molar-refractivity contribution >= 4 is 35.4 Å². The average molecular weight is 434 g/mol.